The second-order valence-corrected chi connectivity index (χ2v) is 11.3. The Morgan fingerprint density at radius 2 is 1.69 bits per heavy atom. The van der Waals surface area contributed by atoms with Crippen molar-refractivity contribution in [3.05, 3.63) is 101 Å². The molecule has 3 N–H and O–H groups in total. The Hall–Kier alpha value is -4.55. The van der Waals surface area contributed by atoms with Gasteiger partial charge in [0.2, 0.25) is 0 Å². The highest BCUT2D eigenvalue weighted by atomic mass is 32.2. The van der Waals surface area contributed by atoms with Crippen LogP contribution in [0.1, 0.15) is 12.5 Å². The molecule has 0 saturated heterocycles. The van der Waals surface area contributed by atoms with E-state index in [1.165, 1.54) is 25.3 Å². The summed E-state index contributed by atoms with van der Waals surface area (Å²) >= 11 is 1.67. The van der Waals surface area contributed by atoms with E-state index in [0.29, 0.717) is 11.5 Å². The number of hydrogen-bond donors (Lipinski definition) is 3. The van der Waals surface area contributed by atoms with Crippen LogP contribution in [0.15, 0.2) is 105 Å². The van der Waals surface area contributed by atoms with Crippen molar-refractivity contribution in [3.63, 3.8) is 0 Å². The Balaban J connectivity index is 1.37. The Kier molecular flexibility index (Phi) is 7.13. The number of rotatable bonds is 8. The van der Waals surface area contributed by atoms with Gasteiger partial charge in [-0.3, -0.25) is 20.3 Å². The van der Waals surface area contributed by atoms with Crippen LogP contribution in [0.2, 0.25) is 0 Å². The van der Waals surface area contributed by atoms with Crippen LogP contribution in [0.4, 0.5) is 28.4 Å². The Labute approximate surface area is 229 Å². The smallest absolute Gasteiger partial charge is 0.295 e. The Morgan fingerprint density at radius 3 is 2.49 bits per heavy atom. The van der Waals surface area contributed by atoms with Gasteiger partial charge in [-0.25, -0.2) is 8.42 Å². The lowest BCUT2D eigenvalue weighted by molar-refractivity contribution is -0.384. The van der Waals surface area contributed by atoms with Crippen LogP contribution in [0.3, 0.4) is 0 Å². The SMILES string of the molecule is COc1ccccc1NS(=O)(=O)c1ccc(N/N=C(\C)c2ccc3c(c2)Nc2ccccc2S3)c([N+](=O)[O-])c1. The van der Waals surface area contributed by atoms with Crippen molar-refractivity contribution in [2.24, 2.45) is 5.10 Å². The molecular weight excluding hydrogens is 538 g/mol. The van der Waals surface area contributed by atoms with E-state index in [1.54, 1.807) is 36.9 Å². The van der Waals surface area contributed by atoms with E-state index < -0.39 is 20.6 Å². The number of nitro groups is 1. The molecule has 12 heteroatoms. The van der Waals surface area contributed by atoms with E-state index >= 15 is 0 Å². The first-order valence-corrected chi connectivity index (χ1v) is 14.0. The summed E-state index contributed by atoms with van der Waals surface area (Å²) in [5.74, 6) is 0.318. The largest absolute Gasteiger partial charge is 0.495 e. The van der Waals surface area contributed by atoms with Crippen molar-refractivity contribution < 1.29 is 18.1 Å². The highest BCUT2D eigenvalue weighted by molar-refractivity contribution is 7.99. The number of anilines is 4. The zero-order valence-electron chi connectivity index (χ0n) is 20.8. The summed E-state index contributed by atoms with van der Waals surface area (Å²) in [6.07, 6.45) is 0. The molecule has 198 valence electrons. The van der Waals surface area contributed by atoms with E-state index in [4.69, 9.17) is 4.74 Å². The van der Waals surface area contributed by atoms with Gasteiger partial charge in [-0.05, 0) is 61.0 Å². The molecule has 0 fully saturated rings. The van der Waals surface area contributed by atoms with Crippen molar-refractivity contribution >= 4 is 55.9 Å². The van der Waals surface area contributed by atoms with E-state index in [9.17, 15) is 18.5 Å². The van der Waals surface area contributed by atoms with Crippen LogP contribution in [0, 0.1) is 10.1 Å². The van der Waals surface area contributed by atoms with E-state index in [0.717, 1.165) is 32.8 Å². The molecule has 1 aliphatic heterocycles. The zero-order valence-corrected chi connectivity index (χ0v) is 22.5. The molecule has 0 aliphatic carbocycles. The average molecular weight is 562 g/mol. The third kappa shape index (κ3) is 5.52. The minimum atomic E-state index is -4.13. The summed E-state index contributed by atoms with van der Waals surface area (Å²) in [6.45, 7) is 1.78. The number of nitro benzene ring substituents is 1. The molecule has 4 aromatic rings. The molecule has 0 aromatic heterocycles. The van der Waals surface area contributed by atoms with Gasteiger partial charge >= 0.3 is 0 Å². The van der Waals surface area contributed by atoms with Crippen LogP contribution in [0.5, 0.6) is 5.75 Å². The van der Waals surface area contributed by atoms with Gasteiger partial charge in [0.1, 0.15) is 11.4 Å². The van der Waals surface area contributed by atoms with Crippen LogP contribution in [-0.2, 0) is 10.0 Å². The molecule has 4 aromatic carbocycles. The van der Waals surface area contributed by atoms with Crippen LogP contribution >= 0.6 is 11.8 Å². The highest BCUT2D eigenvalue weighted by Crippen LogP contribution is 2.44. The van der Waals surface area contributed by atoms with Gasteiger partial charge in [-0.2, -0.15) is 5.10 Å². The van der Waals surface area contributed by atoms with Gasteiger partial charge in [-0.15, -0.1) is 0 Å². The third-order valence-electron chi connectivity index (χ3n) is 5.95. The monoisotopic (exact) mass is 561 g/mol. The summed E-state index contributed by atoms with van der Waals surface area (Å²) in [4.78, 5) is 13.1. The van der Waals surface area contributed by atoms with E-state index in [1.807, 2.05) is 36.4 Å². The lowest BCUT2D eigenvalue weighted by Gasteiger charge is -2.21. The van der Waals surface area contributed by atoms with Gasteiger partial charge in [0.15, 0.2) is 0 Å². The Bertz CT molecular complexity index is 1720. The molecule has 0 saturated carbocycles. The number of para-hydroxylation sites is 3. The first-order valence-electron chi connectivity index (χ1n) is 11.7. The van der Waals surface area contributed by atoms with Gasteiger partial charge in [0, 0.05) is 15.9 Å². The fourth-order valence-electron chi connectivity index (χ4n) is 3.93. The maximum atomic E-state index is 13.0. The fraction of sp³-hybridized carbons (Fsp3) is 0.0741. The molecule has 1 aliphatic rings. The predicted molar refractivity (Wildman–Crippen MR) is 153 cm³/mol. The van der Waals surface area contributed by atoms with E-state index in [-0.39, 0.29) is 16.3 Å². The number of nitrogens with zero attached hydrogens (tertiary/aromatic N) is 2. The number of nitrogens with one attached hydrogen (secondary N) is 3. The average Bonchev–Trinajstić information content (AvgIpc) is 2.94. The van der Waals surface area contributed by atoms with Gasteiger partial charge in [-0.1, -0.05) is 42.1 Å². The summed E-state index contributed by atoms with van der Waals surface area (Å²) in [5, 5.41) is 19.6. The standard InChI is InChI=1S/C27H23N5O5S2/c1-17(18-11-14-27-23(15-18)28-22-8-4-6-10-26(22)38-27)29-30-20-13-12-19(16-24(20)32(33)34)39(35,36)31-21-7-3-5-9-25(21)37-2/h3-16,28,30-31H,1-2H3/b29-17+. The Morgan fingerprint density at radius 1 is 0.949 bits per heavy atom. The summed E-state index contributed by atoms with van der Waals surface area (Å²) in [6, 6.07) is 24.0. The second-order valence-electron chi connectivity index (χ2n) is 8.49. The fourth-order valence-corrected chi connectivity index (χ4v) is 5.99. The van der Waals surface area contributed by atoms with Gasteiger partial charge in [0.05, 0.1) is 39.7 Å². The topological polar surface area (TPSA) is 135 Å². The normalized spacial score (nSPS) is 12.5. The number of methoxy groups -OCH3 is 1. The summed E-state index contributed by atoms with van der Waals surface area (Å²) in [7, 11) is -2.71. The van der Waals surface area contributed by atoms with Gasteiger partial charge in [0.25, 0.3) is 15.7 Å². The summed E-state index contributed by atoms with van der Waals surface area (Å²) < 4.78 is 33.5. The van der Waals surface area contributed by atoms with Crippen LogP contribution < -0.4 is 20.2 Å². The van der Waals surface area contributed by atoms with Crippen molar-refractivity contribution in [1.29, 1.82) is 0 Å². The highest BCUT2D eigenvalue weighted by Gasteiger charge is 2.23. The van der Waals surface area contributed by atoms with Crippen molar-refractivity contribution in [1.82, 2.24) is 0 Å². The number of ether oxygens (including phenoxy) is 1. The van der Waals surface area contributed by atoms with Crippen LogP contribution in [0.25, 0.3) is 0 Å². The third-order valence-corrected chi connectivity index (χ3v) is 8.46. The van der Waals surface area contributed by atoms with Crippen LogP contribution in [-0.4, -0.2) is 26.2 Å². The number of hydrazone groups is 1. The maximum absolute atomic E-state index is 13.0. The van der Waals surface area contributed by atoms with Crippen molar-refractivity contribution in [3.8, 4) is 5.75 Å². The summed E-state index contributed by atoms with van der Waals surface area (Å²) in [5.41, 5.74) is 5.92. The number of hydrogen-bond acceptors (Lipinski definition) is 9. The molecule has 5 rings (SSSR count). The number of benzene rings is 4. The van der Waals surface area contributed by atoms with Gasteiger partial charge < -0.3 is 10.1 Å². The minimum Gasteiger partial charge on any atom is -0.495 e. The molecule has 10 nitrogen and oxygen atoms in total. The molecule has 39 heavy (non-hydrogen) atoms. The molecule has 0 amide bonds. The molecular formula is C27H23N5O5S2. The first-order chi connectivity index (χ1) is 18.7. The van der Waals surface area contributed by atoms with Crippen molar-refractivity contribution in [2.75, 3.05) is 22.6 Å². The second kappa shape index (κ2) is 10.7. The molecule has 0 spiro atoms. The lowest BCUT2D eigenvalue weighted by Crippen LogP contribution is -2.14. The lowest BCUT2D eigenvalue weighted by atomic mass is 10.1. The van der Waals surface area contributed by atoms with Crippen molar-refractivity contribution in [2.45, 2.75) is 21.6 Å². The maximum Gasteiger partial charge on any atom is 0.295 e. The predicted octanol–water partition coefficient (Wildman–Crippen LogP) is 6.45. The molecule has 1 heterocycles. The number of fused-ring (bicyclic) bond motifs is 2. The first kappa shape index (κ1) is 26.1. The quantitative estimate of drug-likeness (QED) is 0.112. The number of sulfonamides is 1. The van der Waals surface area contributed by atoms with E-state index in [2.05, 4.69) is 26.6 Å². The minimum absolute atomic E-state index is 0.0520. The molecule has 0 atom stereocenters. The molecule has 0 radical (unpaired) electrons. The molecule has 0 unspecified atom stereocenters. The molecule has 0 bridgehead atoms. The zero-order chi connectivity index (χ0) is 27.6.